The van der Waals surface area contributed by atoms with E-state index in [1.807, 2.05) is 6.92 Å². The first-order valence-corrected chi connectivity index (χ1v) is 7.86. The lowest BCUT2D eigenvalue weighted by molar-refractivity contribution is 0.338. The van der Waals surface area contributed by atoms with E-state index < -0.39 is 22.3 Å². The fraction of sp³-hybridized carbons (Fsp3) is 0.200. The van der Waals surface area contributed by atoms with Gasteiger partial charge in [0.25, 0.3) is 0 Å². The van der Waals surface area contributed by atoms with Crippen molar-refractivity contribution in [2.24, 2.45) is 0 Å². The van der Waals surface area contributed by atoms with Gasteiger partial charge in [-0.3, -0.25) is 0 Å². The molecular weight excluding hydrogens is 413 g/mol. The summed E-state index contributed by atoms with van der Waals surface area (Å²) in [5.41, 5.74) is 0.722. The van der Waals surface area contributed by atoms with Gasteiger partial charge in [0.2, 0.25) is 0 Å². The second-order valence-corrected chi connectivity index (χ2v) is 6.02. The van der Waals surface area contributed by atoms with Crippen LogP contribution in [0.5, 0.6) is 5.75 Å². The van der Waals surface area contributed by atoms with Gasteiger partial charge in [0.1, 0.15) is 5.75 Å². The molecule has 2 rings (SSSR count). The zero-order valence-electron chi connectivity index (χ0n) is 11.0. The van der Waals surface area contributed by atoms with Crippen molar-refractivity contribution in [2.45, 2.75) is 11.8 Å². The third kappa shape index (κ3) is 3.43. The lowest BCUT2D eigenvalue weighted by Gasteiger charge is -2.14. The Morgan fingerprint density at radius 2 is 1.81 bits per heavy atom. The summed E-state index contributed by atoms with van der Waals surface area (Å²) in [7, 11) is 0. The number of benzene rings is 2. The van der Waals surface area contributed by atoms with Crippen molar-refractivity contribution in [1.82, 2.24) is 0 Å². The molecule has 0 aliphatic carbocycles. The average molecular weight is 424 g/mol. The van der Waals surface area contributed by atoms with Gasteiger partial charge < -0.3 is 4.74 Å². The minimum Gasteiger partial charge on any atom is -0.493 e. The summed E-state index contributed by atoms with van der Waals surface area (Å²) in [5, 5.41) is 0. The van der Waals surface area contributed by atoms with E-state index in [1.54, 1.807) is 18.2 Å². The van der Waals surface area contributed by atoms with Crippen LogP contribution in [0.3, 0.4) is 0 Å². The van der Waals surface area contributed by atoms with Gasteiger partial charge in [-0.1, -0.05) is 28.1 Å². The van der Waals surface area contributed by atoms with Crippen LogP contribution in [-0.4, -0.2) is 6.61 Å². The molecular formula is C15H11Br2F3O. The molecule has 0 radical (unpaired) electrons. The van der Waals surface area contributed by atoms with Crippen molar-refractivity contribution in [2.75, 3.05) is 6.61 Å². The van der Waals surface area contributed by atoms with Gasteiger partial charge in [0.05, 0.1) is 15.9 Å². The Morgan fingerprint density at radius 3 is 2.43 bits per heavy atom. The molecule has 0 aliphatic heterocycles. The Bertz CT molecular complexity index is 662. The Kier molecular flexibility index (Phi) is 5.32. The van der Waals surface area contributed by atoms with Gasteiger partial charge in [-0.05, 0) is 46.6 Å². The van der Waals surface area contributed by atoms with Crippen molar-refractivity contribution in [1.29, 1.82) is 0 Å². The van der Waals surface area contributed by atoms with Gasteiger partial charge >= 0.3 is 0 Å². The number of ether oxygens (including phenoxy) is 1. The molecule has 0 heterocycles. The smallest absolute Gasteiger partial charge is 0.194 e. The van der Waals surface area contributed by atoms with Crippen molar-refractivity contribution >= 4 is 31.9 Å². The molecule has 112 valence electrons. The zero-order chi connectivity index (χ0) is 15.6. The molecule has 0 N–H and O–H groups in total. The molecule has 21 heavy (non-hydrogen) atoms. The molecule has 6 heteroatoms. The number of alkyl halides is 1. The lowest BCUT2D eigenvalue weighted by Crippen LogP contribution is -2.02. The summed E-state index contributed by atoms with van der Waals surface area (Å²) >= 11 is 6.67. The van der Waals surface area contributed by atoms with Crippen LogP contribution in [0.4, 0.5) is 13.2 Å². The molecule has 0 saturated heterocycles. The normalized spacial score (nSPS) is 12.3. The molecule has 2 aromatic carbocycles. The second kappa shape index (κ2) is 6.83. The number of hydrogen-bond donors (Lipinski definition) is 0. The fourth-order valence-corrected chi connectivity index (χ4v) is 3.01. The molecule has 0 amide bonds. The van der Waals surface area contributed by atoms with E-state index in [0.717, 1.165) is 6.07 Å². The van der Waals surface area contributed by atoms with Crippen LogP contribution in [0.1, 0.15) is 22.9 Å². The molecule has 0 aromatic heterocycles. The van der Waals surface area contributed by atoms with E-state index in [2.05, 4.69) is 31.9 Å². The van der Waals surface area contributed by atoms with Gasteiger partial charge in [0, 0.05) is 5.56 Å². The van der Waals surface area contributed by atoms with Crippen molar-refractivity contribution in [3.05, 3.63) is 63.4 Å². The lowest BCUT2D eigenvalue weighted by atomic mass is 10.0. The summed E-state index contributed by atoms with van der Waals surface area (Å²) in [5.74, 6) is -3.21. The minimum atomic E-state index is -1.47. The minimum absolute atomic E-state index is 0.0324. The second-order valence-electron chi connectivity index (χ2n) is 4.25. The molecule has 0 saturated carbocycles. The predicted octanol–water partition coefficient (Wildman–Crippen LogP) is 5.75. The molecule has 0 aliphatic rings. The topological polar surface area (TPSA) is 9.23 Å². The van der Waals surface area contributed by atoms with Crippen LogP contribution in [0, 0.1) is 17.5 Å². The first-order valence-electron chi connectivity index (χ1n) is 6.15. The van der Waals surface area contributed by atoms with E-state index in [-0.39, 0.29) is 5.56 Å². The highest BCUT2D eigenvalue weighted by Crippen LogP contribution is 2.37. The Labute approximate surface area is 137 Å². The van der Waals surface area contributed by atoms with Crippen molar-refractivity contribution < 1.29 is 17.9 Å². The van der Waals surface area contributed by atoms with E-state index >= 15 is 0 Å². The monoisotopic (exact) mass is 422 g/mol. The summed E-state index contributed by atoms with van der Waals surface area (Å²) in [6, 6.07) is 7.33. The maximum atomic E-state index is 13.8. The highest BCUT2D eigenvalue weighted by Gasteiger charge is 2.21. The van der Waals surface area contributed by atoms with Gasteiger partial charge in [-0.25, -0.2) is 13.2 Å². The first-order chi connectivity index (χ1) is 9.95. The number of halogens is 5. The van der Waals surface area contributed by atoms with Crippen LogP contribution >= 0.6 is 31.9 Å². The molecule has 0 spiro atoms. The molecule has 1 atom stereocenters. The van der Waals surface area contributed by atoms with Crippen LogP contribution in [0.25, 0.3) is 0 Å². The highest BCUT2D eigenvalue weighted by atomic mass is 79.9. The van der Waals surface area contributed by atoms with E-state index in [1.165, 1.54) is 6.07 Å². The fourth-order valence-electron chi connectivity index (χ4n) is 1.86. The summed E-state index contributed by atoms with van der Waals surface area (Å²) < 4.78 is 46.2. The van der Waals surface area contributed by atoms with Crippen LogP contribution in [0.15, 0.2) is 34.8 Å². The predicted molar refractivity (Wildman–Crippen MR) is 82.4 cm³/mol. The van der Waals surface area contributed by atoms with Gasteiger partial charge in [-0.15, -0.1) is 0 Å². The van der Waals surface area contributed by atoms with Crippen molar-refractivity contribution in [3.63, 3.8) is 0 Å². The average Bonchev–Trinajstić information content (AvgIpc) is 2.46. The Hall–Kier alpha value is -1.01. The highest BCUT2D eigenvalue weighted by molar-refractivity contribution is 9.10. The zero-order valence-corrected chi connectivity index (χ0v) is 14.1. The largest absolute Gasteiger partial charge is 0.493 e. The van der Waals surface area contributed by atoms with Crippen LogP contribution in [0.2, 0.25) is 0 Å². The van der Waals surface area contributed by atoms with Crippen LogP contribution < -0.4 is 4.74 Å². The molecule has 1 unspecified atom stereocenters. The molecule has 0 fully saturated rings. The van der Waals surface area contributed by atoms with E-state index in [0.29, 0.717) is 22.4 Å². The third-order valence-electron chi connectivity index (χ3n) is 2.89. The summed E-state index contributed by atoms with van der Waals surface area (Å²) in [4.78, 5) is -0.598. The van der Waals surface area contributed by atoms with E-state index in [4.69, 9.17) is 4.74 Å². The third-order valence-corrected chi connectivity index (χ3v) is 4.53. The number of hydrogen-bond acceptors (Lipinski definition) is 1. The molecule has 1 nitrogen and oxygen atoms in total. The molecule has 0 bridgehead atoms. The van der Waals surface area contributed by atoms with E-state index in [9.17, 15) is 13.2 Å². The quantitative estimate of drug-likeness (QED) is 0.449. The first kappa shape index (κ1) is 16.4. The van der Waals surface area contributed by atoms with Gasteiger partial charge in [-0.2, -0.15) is 0 Å². The maximum absolute atomic E-state index is 13.8. The van der Waals surface area contributed by atoms with Crippen molar-refractivity contribution in [3.8, 4) is 5.75 Å². The maximum Gasteiger partial charge on any atom is 0.194 e. The Morgan fingerprint density at radius 1 is 1.10 bits per heavy atom. The van der Waals surface area contributed by atoms with Gasteiger partial charge in [0.15, 0.2) is 17.5 Å². The summed E-state index contributed by atoms with van der Waals surface area (Å²) in [6.07, 6.45) is 0. The SMILES string of the molecule is CCOc1ccc(C(Br)c2ccc(F)c(F)c2F)cc1Br. The number of rotatable bonds is 4. The van der Waals surface area contributed by atoms with Crippen LogP contribution in [-0.2, 0) is 0 Å². The standard InChI is InChI=1S/C15H11Br2F3O/c1-2-21-12-6-3-8(7-10(12)16)13(17)9-4-5-11(18)15(20)14(9)19/h3-7,13H,2H2,1H3. The molecule has 2 aromatic rings. The summed E-state index contributed by atoms with van der Waals surface area (Å²) in [6.45, 7) is 2.39. The Balaban J connectivity index is 2.38.